The maximum atomic E-state index is 12.7. The first-order valence-corrected chi connectivity index (χ1v) is 9.13. The summed E-state index contributed by atoms with van der Waals surface area (Å²) in [5.41, 5.74) is 7.08. The second-order valence-corrected chi connectivity index (χ2v) is 6.76. The molecule has 0 radical (unpaired) electrons. The number of aliphatic hydroxyl groups excluding tert-OH is 1. The number of benzene rings is 3. The third-order valence-corrected chi connectivity index (χ3v) is 4.93. The van der Waals surface area contributed by atoms with Gasteiger partial charge in [0.15, 0.2) is 0 Å². The molecule has 0 aromatic heterocycles. The van der Waals surface area contributed by atoms with Crippen molar-refractivity contribution in [2.24, 2.45) is 0 Å². The molecule has 4 rings (SSSR count). The highest BCUT2D eigenvalue weighted by molar-refractivity contribution is 6.07. The number of carbonyl (C=O) groups is 1. The minimum absolute atomic E-state index is 0.0000884. The highest BCUT2D eigenvalue weighted by Crippen LogP contribution is 2.29. The highest BCUT2D eigenvalue weighted by Gasteiger charge is 2.17. The summed E-state index contributed by atoms with van der Waals surface area (Å²) in [7, 11) is 0. The minimum atomic E-state index is -0.0671. The predicted octanol–water partition coefficient (Wildman–Crippen LogP) is 4.81. The van der Waals surface area contributed by atoms with Crippen LogP contribution in [0.1, 0.15) is 23.1 Å². The van der Waals surface area contributed by atoms with Gasteiger partial charge in [0.2, 0.25) is 0 Å². The number of carbonyl (C=O) groups excluding carboxylic acids is 1. The standard InChI is InChI=1S/C24H21NO2/c26-16-17-6-12-23(13-7-17)25-24(27)21-11-9-19-8-10-20(14-22(19)15-21)18-4-2-1-3-5-18/h1-8,10,12-15,26H,9,11,16H2,(H,25,27). The molecule has 0 spiro atoms. The van der Waals surface area contributed by atoms with Crippen molar-refractivity contribution in [1.82, 2.24) is 0 Å². The number of hydrogen-bond acceptors (Lipinski definition) is 2. The minimum Gasteiger partial charge on any atom is -0.392 e. The molecule has 0 saturated carbocycles. The van der Waals surface area contributed by atoms with E-state index >= 15 is 0 Å². The molecular weight excluding hydrogens is 334 g/mol. The zero-order valence-electron chi connectivity index (χ0n) is 15.0. The third-order valence-electron chi connectivity index (χ3n) is 4.93. The number of anilines is 1. The van der Waals surface area contributed by atoms with Gasteiger partial charge in [-0.3, -0.25) is 4.79 Å². The van der Waals surface area contributed by atoms with Gasteiger partial charge in [-0.1, -0.05) is 54.6 Å². The zero-order chi connectivity index (χ0) is 18.6. The van der Waals surface area contributed by atoms with Gasteiger partial charge in [-0.05, 0) is 64.9 Å². The van der Waals surface area contributed by atoms with E-state index in [4.69, 9.17) is 5.11 Å². The topological polar surface area (TPSA) is 49.3 Å². The van der Waals surface area contributed by atoms with E-state index in [1.54, 1.807) is 0 Å². The Morgan fingerprint density at radius 2 is 1.67 bits per heavy atom. The summed E-state index contributed by atoms with van der Waals surface area (Å²) in [4.78, 5) is 12.7. The molecule has 3 nitrogen and oxygen atoms in total. The first kappa shape index (κ1) is 17.3. The fraction of sp³-hybridized carbons (Fsp3) is 0.125. The quantitative estimate of drug-likeness (QED) is 0.705. The Labute approximate surface area is 159 Å². The molecule has 0 bridgehead atoms. The summed E-state index contributed by atoms with van der Waals surface area (Å²) in [6.45, 7) is -0.0000884. The van der Waals surface area contributed by atoms with Gasteiger partial charge in [0.25, 0.3) is 5.91 Å². The zero-order valence-corrected chi connectivity index (χ0v) is 15.0. The molecule has 0 fully saturated rings. The van der Waals surface area contributed by atoms with Crippen molar-refractivity contribution in [1.29, 1.82) is 0 Å². The number of fused-ring (bicyclic) bond motifs is 1. The van der Waals surface area contributed by atoms with Gasteiger partial charge in [0.05, 0.1) is 6.61 Å². The Morgan fingerprint density at radius 1 is 0.889 bits per heavy atom. The molecule has 1 aliphatic rings. The average Bonchev–Trinajstić information content (AvgIpc) is 2.74. The molecule has 2 N–H and O–H groups in total. The molecule has 0 unspecified atom stereocenters. The summed E-state index contributed by atoms with van der Waals surface area (Å²) >= 11 is 0. The van der Waals surface area contributed by atoms with E-state index < -0.39 is 0 Å². The van der Waals surface area contributed by atoms with Crippen molar-refractivity contribution in [3.8, 4) is 11.1 Å². The monoisotopic (exact) mass is 355 g/mol. The molecule has 3 aromatic rings. The Hall–Kier alpha value is -3.17. The predicted molar refractivity (Wildman–Crippen MR) is 109 cm³/mol. The van der Waals surface area contributed by atoms with E-state index in [1.165, 1.54) is 11.1 Å². The fourth-order valence-corrected chi connectivity index (χ4v) is 3.38. The van der Waals surface area contributed by atoms with Crippen LogP contribution in [-0.2, 0) is 17.8 Å². The molecule has 3 heteroatoms. The van der Waals surface area contributed by atoms with Gasteiger partial charge < -0.3 is 10.4 Å². The lowest BCUT2D eigenvalue weighted by molar-refractivity contribution is -0.112. The van der Waals surface area contributed by atoms with Crippen molar-refractivity contribution < 1.29 is 9.90 Å². The van der Waals surface area contributed by atoms with Gasteiger partial charge in [0.1, 0.15) is 0 Å². The van der Waals surface area contributed by atoms with Crippen LogP contribution in [0.2, 0.25) is 0 Å². The number of aliphatic hydroxyl groups is 1. The van der Waals surface area contributed by atoms with Crippen LogP contribution < -0.4 is 5.32 Å². The van der Waals surface area contributed by atoms with Gasteiger partial charge in [-0.2, -0.15) is 0 Å². The van der Waals surface area contributed by atoms with Crippen LogP contribution in [0.15, 0.2) is 78.4 Å². The maximum Gasteiger partial charge on any atom is 0.251 e. The smallest absolute Gasteiger partial charge is 0.251 e. The SMILES string of the molecule is O=C(Nc1ccc(CO)cc1)C1=Cc2cc(-c3ccccc3)ccc2CC1. The van der Waals surface area contributed by atoms with E-state index in [0.29, 0.717) is 0 Å². The van der Waals surface area contributed by atoms with Crippen LogP contribution in [0.4, 0.5) is 5.69 Å². The molecule has 134 valence electrons. The summed E-state index contributed by atoms with van der Waals surface area (Å²) in [6.07, 6.45) is 3.61. The number of hydrogen-bond donors (Lipinski definition) is 2. The lowest BCUT2D eigenvalue weighted by atomic mass is 9.89. The molecule has 0 saturated heterocycles. The van der Waals surface area contributed by atoms with E-state index in [0.717, 1.165) is 40.8 Å². The van der Waals surface area contributed by atoms with Crippen LogP contribution in [-0.4, -0.2) is 11.0 Å². The first-order valence-electron chi connectivity index (χ1n) is 9.13. The Morgan fingerprint density at radius 3 is 2.41 bits per heavy atom. The molecule has 1 aliphatic carbocycles. The summed E-state index contributed by atoms with van der Waals surface area (Å²) < 4.78 is 0. The normalized spacial score (nSPS) is 12.9. The first-order chi connectivity index (χ1) is 13.2. The van der Waals surface area contributed by atoms with Gasteiger partial charge in [-0.25, -0.2) is 0 Å². The Balaban J connectivity index is 1.56. The molecule has 27 heavy (non-hydrogen) atoms. The molecular formula is C24H21NO2. The summed E-state index contributed by atoms with van der Waals surface area (Å²) in [5.74, 6) is -0.0671. The molecule has 3 aromatic carbocycles. The number of nitrogens with one attached hydrogen (secondary N) is 1. The Bertz CT molecular complexity index is 989. The fourth-order valence-electron chi connectivity index (χ4n) is 3.38. The van der Waals surface area contributed by atoms with E-state index in [2.05, 4.69) is 35.6 Å². The van der Waals surface area contributed by atoms with Gasteiger partial charge >= 0.3 is 0 Å². The lowest BCUT2D eigenvalue weighted by Gasteiger charge is -2.17. The molecule has 1 amide bonds. The van der Waals surface area contributed by atoms with Crippen molar-refractivity contribution in [3.63, 3.8) is 0 Å². The second-order valence-electron chi connectivity index (χ2n) is 6.76. The van der Waals surface area contributed by atoms with Crippen LogP contribution in [0.5, 0.6) is 0 Å². The molecule has 0 aliphatic heterocycles. The van der Waals surface area contributed by atoms with Crippen molar-refractivity contribution in [2.45, 2.75) is 19.4 Å². The molecule has 0 atom stereocenters. The number of aryl methyl sites for hydroxylation is 1. The van der Waals surface area contributed by atoms with Crippen LogP contribution in [0.3, 0.4) is 0 Å². The van der Waals surface area contributed by atoms with E-state index in [-0.39, 0.29) is 12.5 Å². The van der Waals surface area contributed by atoms with Crippen LogP contribution >= 0.6 is 0 Å². The number of rotatable bonds is 4. The average molecular weight is 355 g/mol. The van der Waals surface area contributed by atoms with Gasteiger partial charge in [0, 0.05) is 11.3 Å². The maximum absolute atomic E-state index is 12.7. The lowest BCUT2D eigenvalue weighted by Crippen LogP contribution is -2.17. The molecule has 0 heterocycles. The van der Waals surface area contributed by atoms with Crippen LogP contribution in [0, 0.1) is 0 Å². The highest BCUT2D eigenvalue weighted by atomic mass is 16.3. The van der Waals surface area contributed by atoms with Crippen molar-refractivity contribution in [2.75, 3.05) is 5.32 Å². The Kier molecular flexibility index (Phi) is 4.86. The largest absolute Gasteiger partial charge is 0.392 e. The van der Waals surface area contributed by atoms with Gasteiger partial charge in [-0.15, -0.1) is 0 Å². The second kappa shape index (κ2) is 7.60. The third kappa shape index (κ3) is 3.83. The van der Waals surface area contributed by atoms with E-state index in [9.17, 15) is 4.79 Å². The van der Waals surface area contributed by atoms with Crippen LogP contribution in [0.25, 0.3) is 17.2 Å². The summed E-state index contributed by atoms with van der Waals surface area (Å²) in [6, 6.07) is 24.0. The number of amides is 1. The summed E-state index contributed by atoms with van der Waals surface area (Å²) in [5, 5.41) is 12.1. The van der Waals surface area contributed by atoms with Crippen molar-refractivity contribution in [3.05, 3.63) is 95.1 Å². The van der Waals surface area contributed by atoms with E-state index in [1.807, 2.05) is 48.5 Å². The van der Waals surface area contributed by atoms with Crippen molar-refractivity contribution >= 4 is 17.7 Å².